The Morgan fingerprint density at radius 3 is 2.65 bits per heavy atom. The summed E-state index contributed by atoms with van der Waals surface area (Å²) < 4.78 is 5.26. The summed E-state index contributed by atoms with van der Waals surface area (Å²) in [6.45, 7) is 3.96. The van der Waals surface area contributed by atoms with Crippen LogP contribution in [-0.4, -0.2) is 17.1 Å². The van der Waals surface area contributed by atoms with Gasteiger partial charge in [-0.1, -0.05) is 0 Å². The van der Waals surface area contributed by atoms with Gasteiger partial charge in [-0.05, 0) is 43.2 Å². The summed E-state index contributed by atoms with van der Waals surface area (Å²) in [7, 11) is 1.65. The minimum absolute atomic E-state index is 0.338. The van der Waals surface area contributed by atoms with E-state index in [0.717, 1.165) is 28.1 Å². The summed E-state index contributed by atoms with van der Waals surface area (Å²) in [6, 6.07) is 5.75. The van der Waals surface area contributed by atoms with Crippen molar-refractivity contribution >= 4 is 0 Å². The molecule has 0 fully saturated rings. The number of aromatic nitrogens is 2. The number of methoxy groups -OCH3 is 1. The highest BCUT2D eigenvalue weighted by molar-refractivity contribution is 5.65. The Morgan fingerprint density at radius 1 is 1.24 bits per heavy atom. The number of hydrogen-bond acceptors (Lipinski definition) is 3. The van der Waals surface area contributed by atoms with Crippen molar-refractivity contribution in [1.29, 1.82) is 0 Å². The van der Waals surface area contributed by atoms with E-state index in [1.807, 2.05) is 26.0 Å². The van der Waals surface area contributed by atoms with Crippen molar-refractivity contribution in [2.75, 3.05) is 7.11 Å². The summed E-state index contributed by atoms with van der Waals surface area (Å²) in [6.07, 6.45) is 1.51. The second-order valence-corrected chi connectivity index (χ2v) is 3.93. The van der Waals surface area contributed by atoms with E-state index in [1.54, 1.807) is 13.2 Å². The zero-order chi connectivity index (χ0) is 12.4. The van der Waals surface area contributed by atoms with Gasteiger partial charge < -0.3 is 9.72 Å². The van der Waals surface area contributed by atoms with Gasteiger partial charge in [-0.25, -0.2) is 9.78 Å². The van der Waals surface area contributed by atoms with Crippen LogP contribution in [0.3, 0.4) is 0 Å². The van der Waals surface area contributed by atoms with Gasteiger partial charge in [0.1, 0.15) is 5.75 Å². The number of benzene rings is 1. The van der Waals surface area contributed by atoms with E-state index in [4.69, 9.17) is 4.74 Å². The molecule has 1 aromatic heterocycles. The molecule has 2 rings (SSSR count). The smallest absolute Gasteiger partial charge is 0.345 e. The first kappa shape index (κ1) is 11.4. The zero-order valence-corrected chi connectivity index (χ0v) is 10.1. The lowest BCUT2D eigenvalue weighted by molar-refractivity contribution is 0.411. The second-order valence-electron chi connectivity index (χ2n) is 3.93. The molecule has 17 heavy (non-hydrogen) atoms. The summed E-state index contributed by atoms with van der Waals surface area (Å²) in [5, 5.41) is 0. The standard InChI is InChI=1S/C13H14N2O2/c1-8-7-12(17-3)9(2)6-10(8)11-4-5-14-13(16)15-11/h4-7H,1-3H3,(H,14,15,16). The Hall–Kier alpha value is -2.10. The Morgan fingerprint density at radius 2 is 2.00 bits per heavy atom. The Kier molecular flexibility index (Phi) is 2.95. The molecular weight excluding hydrogens is 216 g/mol. The van der Waals surface area contributed by atoms with Gasteiger partial charge in [0.05, 0.1) is 12.8 Å². The summed E-state index contributed by atoms with van der Waals surface area (Å²) >= 11 is 0. The van der Waals surface area contributed by atoms with E-state index in [2.05, 4.69) is 9.97 Å². The quantitative estimate of drug-likeness (QED) is 0.859. The topological polar surface area (TPSA) is 55.0 Å². The van der Waals surface area contributed by atoms with Crippen molar-refractivity contribution in [3.8, 4) is 17.0 Å². The molecule has 4 nitrogen and oxygen atoms in total. The Labute approximate surface area is 99.3 Å². The minimum Gasteiger partial charge on any atom is -0.496 e. The van der Waals surface area contributed by atoms with Gasteiger partial charge in [0.2, 0.25) is 0 Å². The van der Waals surface area contributed by atoms with Crippen LogP contribution in [0, 0.1) is 13.8 Å². The molecule has 0 spiro atoms. The third kappa shape index (κ3) is 2.20. The van der Waals surface area contributed by atoms with Gasteiger partial charge >= 0.3 is 5.69 Å². The van der Waals surface area contributed by atoms with Gasteiger partial charge in [0.25, 0.3) is 0 Å². The van der Waals surface area contributed by atoms with Gasteiger partial charge in [0, 0.05) is 11.8 Å². The normalized spacial score (nSPS) is 10.3. The first-order valence-corrected chi connectivity index (χ1v) is 5.33. The minimum atomic E-state index is -0.338. The molecular formula is C13H14N2O2. The second kappa shape index (κ2) is 4.41. The first-order chi connectivity index (χ1) is 8.11. The number of aryl methyl sites for hydroxylation is 2. The maximum Gasteiger partial charge on any atom is 0.345 e. The molecule has 0 saturated carbocycles. The number of rotatable bonds is 2. The Balaban J connectivity index is 2.60. The molecule has 1 N–H and O–H groups in total. The number of ether oxygens (including phenoxy) is 1. The average Bonchev–Trinajstić information content (AvgIpc) is 2.31. The number of hydrogen-bond donors (Lipinski definition) is 1. The van der Waals surface area contributed by atoms with Crippen molar-refractivity contribution < 1.29 is 4.74 Å². The van der Waals surface area contributed by atoms with Crippen LogP contribution in [0.5, 0.6) is 5.75 Å². The van der Waals surface area contributed by atoms with Crippen molar-refractivity contribution in [1.82, 2.24) is 9.97 Å². The van der Waals surface area contributed by atoms with Gasteiger partial charge in [0.15, 0.2) is 0 Å². The van der Waals surface area contributed by atoms with Crippen LogP contribution in [0.15, 0.2) is 29.2 Å². The monoisotopic (exact) mass is 230 g/mol. The highest BCUT2D eigenvalue weighted by Gasteiger charge is 2.07. The summed E-state index contributed by atoms with van der Waals surface area (Å²) in [4.78, 5) is 17.5. The van der Waals surface area contributed by atoms with Gasteiger partial charge in [-0.15, -0.1) is 0 Å². The van der Waals surface area contributed by atoms with Crippen LogP contribution < -0.4 is 10.4 Å². The highest BCUT2D eigenvalue weighted by Crippen LogP contribution is 2.28. The van der Waals surface area contributed by atoms with Crippen LogP contribution in [0.25, 0.3) is 11.3 Å². The van der Waals surface area contributed by atoms with E-state index in [0.29, 0.717) is 0 Å². The molecule has 1 heterocycles. The number of nitrogens with one attached hydrogen (secondary N) is 1. The lowest BCUT2D eigenvalue weighted by Crippen LogP contribution is -2.09. The molecule has 88 valence electrons. The molecule has 0 saturated heterocycles. The fourth-order valence-corrected chi connectivity index (χ4v) is 1.83. The average molecular weight is 230 g/mol. The van der Waals surface area contributed by atoms with Crippen LogP contribution in [0.1, 0.15) is 11.1 Å². The largest absolute Gasteiger partial charge is 0.496 e. The van der Waals surface area contributed by atoms with Crippen molar-refractivity contribution in [2.24, 2.45) is 0 Å². The highest BCUT2D eigenvalue weighted by atomic mass is 16.5. The molecule has 0 aliphatic carbocycles. The maximum atomic E-state index is 11.2. The van der Waals surface area contributed by atoms with Crippen molar-refractivity contribution in [2.45, 2.75) is 13.8 Å². The van der Waals surface area contributed by atoms with Crippen LogP contribution in [-0.2, 0) is 0 Å². The van der Waals surface area contributed by atoms with E-state index in [-0.39, 0.29) is 5.69 Å². The molecule has 2 aromatic rings. The third-order valence-corrected chi connectivity index (χ3v) is 2.71. The molecule has 4 heteroatoms. The fraction of sp³-hybridized carbons (Fsp3) is 0.231. The van der Waals surface area contributed by atoms with Gasteiger partial charge in [-0.2, -0.15) is 0 Å². The van der Waals surface area contributed by atoms with E-state index >= 15 is 0 Å². The molecule has 0 aliphatic rings. The van der Waals surface area contributed by atoms with E-state index < -0.39 is 0 Å². The molecule has 0 bridgehead atoms. The number of aromatic amines is 1. The molecule has 0 radical (unpaired) electrons. The zero-order valence-electron chi connectivity index (χ0n) is 10.1. The van der Waals surface area contributed by atoms with Crippen LogP contribution in [0.2, 0.25) is 0 Å². The third-order valence-electron chi connectivity index (χ3n) is 2.71. The molecule has 0 aliphatic heterocycles. The summed E-state index contributed by atoms with van der Waals surface area (Å²) in [5.74, 6) is 0.850. The van der Waals surface area contributed by atoms with Gasteiger partial charge in [-0.3, -0.25) is 0 Å². The molecule has 0 atom stereocenters. The number of nitrogens with zero attached hydrogens (tertiary/aromatic N) is 1. The molecule has 1 aromatic carbocycles. The lowest BCUT2D eigenvalue weighted by Gasteiger charge is -2.10. The first-order valence-electron chi connectivity index (χ1n) is 5.33. The van der Waals surface area contributed by atoms with Crippen molar-refractivity contribution in [3.63, 3.8) is 0 Å². The fourth-order valence-electron chi connectivity index (χ4n) is 1.83. The summed E-state index contributed by atoms with van der Waals surface area (Å²) in [5.41, 5.74) is 3.51. The number of H-pyrrole nitrogens is 1. The molecule has 0 amide bonds. The van der Waals surface area contributed by atoms with Crippen molar-refractivity contribution in [3.05, 3.63) is 46.0 Å². The molecule has 0 unspecified atom stereocenters. The lowest BCUT2D eigenvalue weighted by atomic mass is 10.0. The van der Waals surface area contributed by atoms with Crippen LogP contribution in [0.4, 0.5) is 0 Å². The predicted molar refractivity (Wildman–Crippen MR) is 66.3 cm³/mol. The Bertz CT molecular complexity index is 603. The SMILES string of the molecule is COc1cc(C)c(-c2ccnc(=O)[nH]2)cc1C. The predicted octanol–water partition coefficient (Wildman–Crippen LogP) is 2.06. The van der Waals surface area contributed by atoms with E-state index in [1.165, 1.54) is 6.20 Å². The van der Waals surface area contributed by atoms with Crippen LogP contribution >= 0.6 is 0 Å². The maximum absolute atomic E-state index is 11.2. The van der Waals surface area contributed by atoms with E-state index in [9.17, 15) is 4.79 Å².